The van der Waals surface area contributed by atoms with Crippen LogP contribution in [0.25, 0.3) is 21.9 Å². The minimum atomic E-state index is -2.01. The van der Waals surface area contributed by atoms with Gasteiger partial charge in [-0.25, -0.2) is 0 Å². The van der Waals surface area contributed by atoms with E-state index < -0.39 is 8.07 Å². The van der Waals surface area contributed by atoms with Gasteiger partial charge in [-0.05, 0) is 38.3 Å². The highest BCUT2D eigenvalue weighted by atomic mass is 28.3. The summed E-state index contributed by atoms with van der Waals surface area (Å²) in [6.07, 6.45) is 0. The Morgan fingerprint density at radius 1 is 0.586 bits per heavy atom. The van der Waals surface area contributed by atoms with Gasteiger partial charge in [0.1, 0.15) is 8.07 Å². The summed E-state index contributed by atoms with van der Waals surface area (Å²) in [6, 6.07) is 24.0. The average Bonchev–Trinajstić information content (AvgIpc) is 2.98. The van der Waals surface area contributed by atoms with Crippen molar-refractivity contribution >= 4 is 40.8 Å². The van der Waals surface area contributed by atoms with E-state index in [4.69, 9.17) is 0 Å². The maximum atomic E-state index is 13.2. The van der Waals surface area contributed by atoms with Crippen molar-refractivity contribution in [2.75, 3.05) is 0 Å². The molecule has 0 radical (unpaired) electrons. The fourth-order valence-corrected chi connectivity index (χ4v) is 8.64. The molecule has 1 aliphatic heterocycles. The Kier molecular flexibility index (Phi) is 3.09. The lowest BCUT2D eigenvalue weighted by Crippen LogP contribution is -2.50. The molecule has 0 saturated carbocycles. The second kappa shape index (κ2) is 5.40. The maximum Gasteiger partial charge on any atom is 0.194 e. The summed E-state index contributed by atoms with van der Waals surface area (Å²) < 4.78 is 0. The lowest BCUT2D eigenvalue weighted by molar-refractivity contribution is 0.0979. The molecule has 4 aromatic rings. The van der Waals surface area contributed by atoms with Gasteiger partial charge in [-0.2, -0.15) is 0 Å². The predicted molar refractivity (Wildman–Crippen MR) is 119 cm³/mol. The van der Waals surface area contributed by atoms with Crippen molar-refractivity contribution in [3.05, 3.63) is 95.1 Å². The molecule has 3 heteroatoms. The third kappa shape index (κ3) is 2.00. The van der Waals surface area contributed by atoms with Gasteiger partial charge < -0.3 is 0 Å². The molecule has 2 aliphatic rings. The van der Waals surface area contributed by atoms with Crippen LogP contribution in [0.4, 0.5) is 0 Å². The molecule has 0 amide bonds. The molecule has 0 aromatic heterocycles. The standard InChI is InChI=1S/C26H18O2Si/c1-29(2)23-14-22-21(24(27)17-9-5-6-10-18(17)25(22)28)13-20(23)19-12-11-15-7-3-4-8-16(15)26(19)29/h3-14H,1-2H3. The minimum Gasteiger partial charge on any atom is -0.289 e. The predicted octanol–water partition coefficient (Wildman–Crippen LogP) is 4.42. The minimum absolute atomic E-state index is 0.0383. The first kappa shape index (κ1) is 16.6. The Morgan fingerprint density at radius 3 is 1.93 bits per heavy atom. The normalized spacial score (nSPS) is 15.7. The van der Waals surface area contributed by atoms with Gasteiger partial charge >= 0.3 is 0 Å². The molecule has 6 rings (SSSR count). The zero-order valence-corrected chi connectivity index (χ0v) is 17.2. The average molecular weight is 391 g/mol. The largest absolute Gasteiger partial charge is 0.289 e. The van der Waals surface area contributed by atoms with E-state index in [1.165, 1.54) is 26.7 Å². The second-order valence-corrected chi connectivity index (χ2v) is 12.8. The van der Waals surface area contributed by atoms with Crippen LogP contribution in [0.2, 0.25) is 13.1 Å². The van der Waals surface area contributed by atoms with Gasteiger partial charge in [-0.1, -0.05) is 79.8 Å². The van der Waals surface area contributed by atoms with Crippen LogP contribution in [0.15, 0.2) is 72.8 Å². The van der Waals surface area contributed by atoms with Crippen molar-refractivity contribution in [3.63, 3.8) is 0 Å². The molecule has 2 nitrogen and oxygen atoms in total. The molecule has 0 saturated heterocycles. The molecule has 1 aliphatic carbocycles. The van der Waals surface area contributed by atoms with Crippen molar-refractivity contribution in [2.45, 2.75) is 13.1 Å². The summed E-state index contributed by atoms with van der Waals surface area (Å²) in [4.78, 5) is 26.4. The molecule has 0 fully saturated rings. The van der Waals surface area contributed by atoms with Crippen molar-refractivity contribution in [1.82, 2.24) is 0 Å². The molecule has 29 heavy (non-hydrogen) atoms. The molecule has 0 unspecified atom stereocenters. The third-order valence-corrected chi connectivity index (χ3v) is 10.1. The van der Waals surface area contributed by atoms with E-state index in [1.807, 2.05) is 24.3 Å². The SMILES string of the molecule is C[Si]1(C)c2cc3c(cc2-c2ccc4ccccc4c21)C(=O)c1ccccc1C3=O. The van der Waals surface area contributed by atoms with E-state index in [2.05, 4.69) is 49.5 Å². The number of hydrogen-bond acceptors (Lipinski definition) is 2. The van der Waals surface area contributed by atoms with Crippen molar-refractivity contribution in [1.29, 1.82) is 0 Å². The number of ketones is 2. The van der Waals surface area contributed by atoms with Gasteiger partial charge in [0.2, 0.25) is 0 Å². The van der Waals surface area contributed by atoms with E-state index in [-0.39, 0.29) is 11.6 Å². The van der Waals surface area contributed by atoms with Gasteiger partial charge in [0.15, 0.2) is 11.6 Å². The molecule has 0 N–H and O–H groups in total. The van der Waals surface area contributed by atoms with Crippen LogP contribution < -0.4 is 10.4 Å². The van der Waals surface area contributed by atoms with Crippen LogP contribution in [-0.2, 0) is 0 Å². The summed E-state index contributed by atoms with van der Waals surface area (Å²) in [7, 11) is -2.01. The first-order chi connectivity index (χ1) is 14.0. The van der Waals surface area contributed by atoms with Gasteiger partial charge in [0.05, 0.1) is 0 Å². The molecule has 0 spiro atoms. The lowest BCUT2D eigenvalue weighted by Gasteiger charge is -2.23. The highest BCUT2D eigenvalue weighted by molar-refractivity contribution is 7.05. The Hall–Kier alpha value is -3.30. The number of rotatable bonds is 0. The highest BCUT2D eigenvalue weighted by Gasteiger charge is 2.41. The summed E-state index contributed by atoms with van der Waals surface area (Å²) in [5, 5.41) is 5.19. The number of benzene rings is 4. The van der Waals surface area contributed by atoms with Crippen LogP contribution in [0.5, 0.6) is 0 Å². The number of carbonyl (C=O) groups excluding carboxylic acids is 2. The lowest BCUT2D eigenvalue weighted by atomic mass is 9.82. The van der Waals surface area contributed by atoms with Gasteiger partial charge in [0, 0.05) is 22.3 Å². The Bertz CT molecular complexity index is 1410. The summed E-state index contributed by atoms with van der Waals surface area (Å²) in [5.74, 6) is -0.0877. The number of fused-ring (bicyclic) bond motifs is 7. The zero-order chi connectivity index (χ0) is 19.9. The van der Waals surface area contributed by atoms with E-state index in [1.54, 1.807) is 12.1 Å². The van der Waals surface area contributed by atoms with E-state index in [9.17, 15) is 9.59 Å². The number of hydrogen-bond donors (Lipinski definition) is 0. The van der Waals surface area contributed by atoms with E-state index in [0.29, 0.717) is 22.3 Å². The summed E-state index contributed by atoms with van der Waals surface area (Å²) in [6.45, 7) is 4.69. The number of carbonyl (C=O) groups is 2. The monoisotopic (exact) mass is 390 g/mol. The second-order valence-electron chi connectivity index (χ2n) is 8.48. The fraction of sp³-hybridized carbons (Fsp3) is 0.0769. The first-order valence-corrected chi connectivity index (χ1v) is 12.9. The van der Waals surface area contributed by atoms with Gasteiger partial charge in [-0.15, -0.1) is 0 Å². The molecular formula is C26H18O2Si. The van der Waals surface area contributed by atoms with Gasteiger partial charge in [-0.3, -0.25) is 9.59 Å². The molecular weight excluding hydrogens is 372 g/mol. The quantitative estimate of drug-likeness (QED) is 0.367. The Balaban J connectivity index is 1.68. The molecule has 0 bridgehead atoms. The summed E-state index contributed by atoms with van der Waals surface area (Å²) in [5.41, 5.74) is 4.48. The Morgan fingerprint density at radius 2 is 1.21 bits per heavy atom. The van der Waals surface area contributed by atoms with Crippen LogP contribution in [-0.4, -0.2) is 19.6 Å². The molecule has 4 aromatic carbocycles. The molecule has 1 heterocycles. The van der Waals surface area contributed by atoms with Crippen LogP contribution in [0.1, 0.15) is 31.8 Å². The van der Waals surface area contributed by atoms with Crippen molar-refractivity contribution in [3.8, 4) is 11.1 Å². The van der Waals surface area contributed by atoms with E-state index >= 15 is 0 Å². The zero-order valence-electron chi connectivity index (χ0n) is 16.2. The van der Waals surface area contributed by atoms with Crippen molar-refractivity contribution in [2.24, 2.45) is 0 Å². The molecule has 0 atom stereocenters. The van der Waals surface area contributed by atoms with Crippen molar-refractivity contribution < 1.29 is 9.59 Å². The van der Waals surface area contributed by atoms with Crippen LogP contribution >= 0.6 is 0 Å². The third-order valence-electron chi connectivity index (χ3n) is 6.58. The molecule has 138 valence electrons. The fourth-order valence-electron chi connectivity index (χ4n) is 5.19. The maximum absolute atomic E-state index is 13.2. The van der Waals surface area contributed by atoms with Gasteiger partial charge in [0.25, 0.3) is 0 Å². The summed E-state index contributed by atoms with van der Waals surface area (Å²) >= 11 is 0. The van der Waals surface area contributed by atoms with Crippen LogP contribution in [0, 0.1) is 0 Å². The first-order valence-electron chi connectivity index (χ1n) is 9.88. The smallest absolute Gasteiger partial charge is 0.194 e. The topological polar surface area (TPSA) is 34.1 Å². The highest BCUT2D eigenvalue weighted by Crippen LogP contribution is 2.36. The van der Waals surface area contributed by atoms with E-state index in [0.717, 1.165) is 5.56 Å². The van der Waals surface area contributed by atoms with Crippen LogP contribution in [0.3, 0.4) is 0 Å². The Labute approximate surface area is 169 Å².